The maximum atomic E-state index is 5.74. The van der Waals surface area contributed by atoms with Crippen LogP contribution < -0.4 is 19.5 Å². The predicted molar refractivity (Wildman–Crippen MR) is 75.0 cm³/mol. The summed E-state index contributed by atoms with van der Waals surface area (Å²) < 4.78 is 16.3. The maximum absolute atomic E-state index is 5.74. The van der Waals surface area contributed by atoms with Crippen LogP contribution in [-0.2, 0) is 0 Å². The van der Waals surface area contributed by atoms with Gasteiger partial charge in [0.05, 0.1) is 6.61 Å². The monoisotopic (exact) mass is 265 g/mol. The van der Waals surface area contributed by atoms with Crippen molar-refractivity contribution in [2.24, 2.45) is 0 Å². The van der Waals surface area contributed by atoms with Gasteiger partial charge in [0.15, 0.2) is 11.5 Å². The number of hydrogen-bond acceptors (Lipinski definition) is 4. The maximum Gasteiger partial charge on any atom is 0.231 e. The molecule has 1 unspecified atom stereocenters. The average molecular weight is 265 g/mol. The number of nitrogens with one attached hydrogen (secondary N) is 1. The molecular formula is C15H23NO3. The molecule has 0 amide bonds. The lowest BCUT2D eigenvalue weighted by molar-refractivity contribution is 0.173. The van der Waals surface area contributed by atoms with Crippen molar-refractivity contribution in [2.75, 3.05) is 19.9 Å². The zero-order valence-corrected chi connectivity index (χ0v) is 11.8. The largest absolute Gasteiger partial charge is 0.493 e. The molecule has 4 nitrogen and oxygen atoms in total. The summed E-state index contributed by atoms with van der Waals surface area (Å²) in [5, 5.41) is 3.47. The lowest BCUT2D eigenvalue weighted by atomic mass is 10.1. The third-order valence-corrected chi connectivity index (χ3v) is 3.30. The van der Waals surface area contributed by atoms with Gasteiger partial charge in [-0.05, 0) is 37.9 Å². The third kappa shape index (κ3) is 4.03. The molecule has 1 aromatic rings. The van der Waals surface area contributed by atoms with Crippen LogP contribution in [0.25, 0.3) is 0 Å². The van der Waals surface area contributed by atoms with Crippen LogP contribution in [0.5, 0.6) is 17.2 Å². The van der Waals surface area contributed by atoms with E-state index >= 15 is 0 Å². The average Bonchev–Trinajstić information content (AvgIpc) is 2.89. The molecule has 2 rings (SSSR count). The second-order valence-electron chi connectivity index (χ2n) is 4.67. The number of ether oxygens (including phenoxy) is 3. The Morgan fingerprint density at radius 2 is 2.11 bits per heavy atom. The van der Waals surface area contributed by atoms with Crippen LogP contribution in [0.4, 0.5) is 0 Å². The van der Waals surface area contributed by atoms with Gasteiger partial charge in [-0.15, -0.1) is 0 Å². The third-order valence-electron chi connectivity index (χ3n) is 3.30. The smallest absolute Gasteiger partial charge is 0.231 e. The molecule has 106 valence electrons. The summed E-state index contributed by atoms with van der Waals surface area (Å²) in [6.07, 6.45) is 3.37. The molecule has 0 saturated carbocycles. The Bertz CT molecular complexity index is 395. The van der Waals surface area contributed by atoms with E-state index in [1.54, 1.807) is 0 Å². The van der Waals surface area contributed by atoms with E-state index in [0.717, 1.165) is 49.7 Å². The molecule has 0 saturated heterocycles. The van der Waals surface area contributed by atoms with Gasteiger partial charge in [0.25, 0.3) is 0 Å². The fourth-order valence-corrected chi connectivity index (χ4v) is 2.23. The molecule has 0 spiro atoms. The molecule has 1 aromatic carbocycles. The first-order valence-electron chi connectivity index (χ1n) is 7.09. The molecule has 4 heteroatoms. The Morgan fingerprint density at radius 1 is 1.26 bits per heavy atom. The van der Waals surface area contributed by atoms with Crippen LogP contribution in [-0.4, -0.2) is 26.0 Å². The van der Waals surface area contributed by atoms with Crippen LogP contribution in [0.1, 0.15) is 33.1 Å². The summed E-state index contributed by atoms with van der Waals surface area (Å²) in [5.41, 5.74) is 0. The first kappa shape index (κ1) is 14.0. The zero-order valence-electron chi connectivity index (χ0n) is 11.8. The number of benzene rings is 1. The minimum absolute atomic E-state index is 0.305. The molecule has 0 aliphatic carbocycles. The summed E-state index contributed by atoms with van der Waals surface area (Å²) in [4.78, 5) is 0. The van der Waals surface area contributed by atoms with Crippen molar-refractivity contribution in [2.45, 2.75) is 39.2 Å². The van der Waals surface area contributed by atoms with Gasteiger partial charge in [0.1, 0.15) is 5.75 Å². The highest BCUT2D eigenvalue weighted by Crippen LogP contribution is 2.35. The molecule has 0 radical (unpaired) electrons. The molecular weight excluding hydrogens is 242 g/mol. The molecule has 19 heavy (non-hydrogen) atoms. The van der Waals surface area contributed by atoms with Crippen molar-refractivity contribution >= 4 is 0 Å². The molecule has 0 fully saturated rings. The van der Waals surface area contributed by atoms with Crippen molar-refractivity contribution in [3.63, 3.8) is 0 Å². The summed E-state index contributed by atoms with van der Waals surface area (Å²) in [7, 11) is 0. The van der Waals surface area contributed by atoms with Crippen molar-refractivity contribution < 1.29 is 14.2 Å². The van der Waals surface area contributed by atoms with E-state index in [1.807, 2.05) is 18.2 Å². The fourth-order valence-electron chi connectivity index (χ4n) is 2.23. The summed E-state index contributed by atoms with van der Waals surface area (Å²) in [6.45, 7) is 6.43. The van der Waals surface area contributed by atoms with Crippen LogP contribution in [0.15, 0.2) is 18.2 Å². The lowest BCUT2D eigenvalue weighted by Gasteiger charge is -2.15. The Balaban J connectivity index is 1.71. The van der Waals surface area contributed by atoms with Crippen LogP contribution in [0.3, 0.4) is 0 Å². The van der Waals surface area contributed by atoms with E-state index < -0.39 is 0 Å². The Labute approximate surface area is 115 Å². The molecule has 0 bridgehead atoms. The van der Waals surface area contributed by atoms with Gasteiger partial charge >= 0.3 is 0 Å². The summed E-state index contributed by atoms with van der Waals surface area (Å²) in [6, 6.07) is 6.31. The molecule has 1 N–H and O–H groups in total. The topological polar surface area (TPSA) is 39.7 Å². The molecule has 0 aromatic heterocycles. The number of hydrogen-bond donors (Lipinski definition) is 1. The number of fused-ring (bicyclic) bond motifs is 1. The SMILES string of the molecule is CCNC(CC)CCCOc1ccc2c(c1)OCO2. The van der Waals surface area contributed by atoms with E-state index in [4.69, 9.17) is 14.2 Å². The van der Waals surface area contributed by atoms with Crippen molar-refractivity contribution in [1.29, 1.82) is 0 Å². The standard InChI is InChI=1S/C15H23NO3/c1-3-12(16-4-2)6-5-9-17-13-7-8-14-15(10-13)19-11-18-14/h7-8,10,12,16H,3-6,9,11H2,1-2H3. The highest BCUT2D eigenvalue weighted by Gasteiger charge is 2.13. The summed E-state index contributed by atoms with van der Waals surface area (Å²) >= 11 is 0. The van der Waals surface area contributed by atoms with Gasteiger partial charge in [-0.1, -0.05) is 13.8 Å². The quantitative estimate of drug-likeness (QED) is 0.734. The van der Waals surface area contributed by atoms with Crippen LogP contribution in [0, 0.1) is 0 Å². The minimum atomic E-state index is 0.305. The van der Waals surface area contributed by atoms with Gasteiger partial charge in [-0.25, -0.2) is 0 Å². The zero-order chi connectivity index (χ0) is 13.5. The van der Waals surface area contributed by atoms with E-state index in [2.05, 4.69) is 19.2 Å². The van der Waals surface area contributed by atoms with Gasteiger partial charge in [0, 0.05) is 12.1 Å². The lowest BCUT2D eigenvalue weighted by Crippen LogP contribution is -2.28. The Morgan fingerprint density at radius 3 is 2.89 bits per heavy atom. The van der Waals surface area contributed by atoms with Gasteiger partial charge in [0.2, 0.25) is 6.79 Å². The Kier molecular flexibility index (Phi) is 5.33. The number of rotatable bonds is 8. The van der Waals surface area contributed by atoms with Crippen LogP contribution >= 0.6 is 0 Å². The molecule has 1 heterocycles. The normalized spacial score (nSPS) is 14.4. The second kappa shape index (κ2) is 7.24. The van der Waals surface area contributed by atoms with E-state index in [9.17, 15) is 0 Å². The highest BCUT2D eigenvalue weighted by molar-refractivity contribution is 5.46. The first-order chi connectivity index (χ1) is 9.33. The molecule has 1 atom stereocenters. The van der Waals surface area contributed by atoms with E-state index in [0.29, 0.717) is 12.8 Å². The van der Waals surface area contributed by atoms with Gasteiger partial charge in [-0.2, -0.15) is 0 Å². The van der Waals surface area contributed by atoms with Crippen molar-refractivity contribution in [3.05, 3.63) is 18.2 Å². The predicted octanol–water partition coefficient (Wildman–Crippen LogP) is 2.96. The minimum Gasteiger partial charge on any atom is -0.493 e. The highest BCUT2D eigenvalue weighted by atomic mass is 16.7. The molecule has 1 aliphatic heterocycles. The van der Waals surface area contributed by atoms with Crippen molar-refractivity contribution in [1.82, 2.24) is 5.32 Å². The summed E-state index contributed by atoms with van der Waals surface area (Å²) in [5.74, 6) is 2.42. The van der Waals surface area contributed by atoms with E-state index in [-0.39, 0.29) is 0 Å². The Hall–Kier alpha value is -1.42. The van der Waals surface area contributed by atoms with Gasteiger partial charge in [-0.3, -0.25) is 0 Å². The fraction of sp³-hybridized carbons (Fsp3) is 0.600. The van der Waals surface area contributed by atoms with Crippen molar-refractivity contribution in [3.8, 4) is 17.2 Å². The van der Waals surface area contributed by atoms with Gasteiger partial charge < -0.3 is 19.5 Å². The first-order valence-corrected chi connectivity index (χ1v) is 7.09. The second-order valence-corrected chi connectivity index (χ2v) is 4.67. The van der Waals surface area contributed by atoms with Crippen LogP contribution in [0.2, 0.25) is 0 Å². The van der Waals surface area contributed by atoms with E-state index in [1.165, 1.54) is 0 Å². The molecule has 1 aliphatic rings.